The lowest BCUT2D eigenvalue weighted by molar-refractivity contribution is -0.121. The molecule has 1 atom stereocenters. The standard InChI is InChI=1S/C26H21N3O7/c1-2-18(27-25(34)16-3-7-19(8-4-16)28-21(30)11-12-22(28)31)15-36-26(35)17-5-9-20(10-6-17)29-23(32)13-14-24(29)33/h3-14,18H,2,15H2,1H3,(H,27,34)/t18-/m1/s1. The van der Waals surface area contributed by atoms with E-state index >= 15 is 0 Å². The number of esters is 1. The summed E-state index contributed by atoms with van der Waals surface area (Å²) in [6.45, 7) is 1.75. The molecule has 2 aromatic carbocycles. The van der Waals surface area contributed by atoms with Crippen LogP contribution in [0.4, 0.5) is 11.4 Å². The molecule has 2 aliphatic heterocycles. The summed E-state index contributed by atoms with van der Waals surface area (Å²) in [5.41, 5.74) is 1.23. The second-order valence-electron chi connectivity index (χ2n) is 7.96. The number of anilines is 2. The van der Waals surface area contributed by atoms with Crippen molar-refractivity contribution in [1.29, 1.82) is 0 Å². The highest BCUT2D eigenvalue weighted by atomic mass is 16.5. The van der Waals surface area contributed by atoms with Crippen molar-refractivity contribution >= 4 is 46.9 Å². The molecule has 0 saturated heterocycles. The average molecular weight is 487 g/mol. The van der Waals surface area contributed by atoms with Gasteiger partial charge in [-0.2, -0.15) is 0 Å². The Hall–Kier alpha value is -4.86. The van der Waals surface area contributed by atoms with Crippen LogP contribution in [0.3, 0.4) is 0 Å². The van der Waals surface area contributed by atoms with Gasteiger partial charge in [-0.05, 0) is 55.0 Å². The van der Waals surface area contributed by atoms with Gasteiger partial charge in [-0.25, -0.2) is 14.6 Å². The third kappa shape index (κ3) is 4.97. The van der Waals surface area contributed by atoms with Gasteiger partial charge in [-0.1, -0.05) is 6.92 Å². The second-order valence-corrected chi connectivity index (χ2v) is 7.96. The first kappa shape index (κ1) is 24.3. The van der Waals surface area contributed by atoms with Crippen molar-refractivity contribution in [2.75, 3.05) is 16.4 Å². The summed E-state index contributed by atoms with van der Waals surface area (Å²) in [5, 5.41) is 2.79. The molecule has 0 aromatic heterocycles. The molecule has 10 heteroatoms. The first-order chi connectivity index (χ1) is 17.3. The minimum Gasteiger partial charge on any atom is -0.460 e. The maximum Gasteiger partial charge on any atom is 0.338 e. The molecule has 0 saturated carbocycles. The summed E-state index contributed by atoms with van der Waals surface area (Å²) in [6, 6.07) is 11.4. The monoisotopic (exact) mass is 487 g/mol. The van der Waals surface area contributed by atoms with Gasteiger partial charge in [0.1, 0.15) is 6.61 Å². The minimum absolute atomic E-state index is 0.0730. The third-order valence-corrected chi connectivity index (χ3v) is 5.61. The Labute approximate surface area is 205 Å². The van der Waals surface area contributed by atoms with Crippen molar-refractivity contribution < 1.29 is 33.5 Å². The number of carbonyl (C=O) groups is 6. The van der Waals surface area contributed by atoms with Crippen LogP contribution in [-0.4, -0.2) is 48.2 Å². The lowest BCUT2D eigenvalue weighted by atomic mass is 10.1. The molecule has 2 aliphatic rings. The first-order valence-electron chi connectivity index (χ1n) is 11.1. The third-order valence-electron chi connectivity index (χ3n) is 5.61. The Balaban J connectivity index is 1.31. The predicted octanol–water partition coefficient (Wildman–Crippen LogP) is 1.91. The highest BCUT2D eigenvalue weighted by Gasteiger charge is 2.26. The topological polar surface area (TPSA) is 130 Å². The summed E-state index contributed by atoms with van der Waals surface area (Å²) in [7, 11) is 0. The van der Waals surface area contributed by atoms with E-state index in [0.29, 0.717) is 23.4 Å². The molecular formula is C26H21N3O7. The molecule has 2 heterocycles. The highest BCUT2D eigenvalue weighted by Crippen LogP contribution is 2.21. The zero-order valence-corrected chi connectivity index (χ0v) is 19.2. The number of hydrogen-bond acceptors (Lipinski definition) is 7. The molecule has 1 N–H and O–H groups in total. The number of imide groups is 2. The van der Waals surface area contributed by atoms with E-state index in [2.05, 4.69) is 5.32 Å². The van der Waals surface area contributed by atoms with E-state index in [1.165, 1.54) is 72.8 Å². The summed E-state index contributed by atoms with van der Waals surface area (Å²) in [5.74, 6) is -2.84. The van der Waals surface area contributed by atoms with Gasteiger partial charge in [0.25, 0.3) is 29.5 Å². The SMILES string of the molecule is CC[C@H](COC(=O)c1ccc(N2C(=O)C=CC2=O)cc1)NC(=O)c1ccc(N2C(=O)C=CC2=O)cc1. The fourth-order valence-electron chi connectivity index (χ4n) is 3.61. The van der Waals surface area contributed by atoms with Crippen molar-refractivity contribution in [2.45, 2.75) is 19.4 Å². The summed E-state index contributed by atoms with van der Waals surface area (Å²) in [6.07, 6.45) is 5.19. The molecule has 0 unspecified atom stereocenters. The molecule has 0 radical (unpaired) electrons. The molecule has 0 fully saturated rings. The van der Waals surface area contributed by atoms with Gasteiger partial charge in [0.05, 0.1) is 23.0 Å². The number of carbonyl (C=O) groups excluding carboxylic acids is 6. The van der Waals surface area contributed by atoms with Crippen LogP contribution in [-0.2, 0) is 23.9 Å². The quantitative estimate of drug-likeness (QED) is 0.445. The van der Waals surface area contributed by atoms with Crippen molar-refractivity contribution in [2.24, 2.45) is 0 Å². The van der Waals surface area contributed by atoms with Crippen LogP contribution in [0.25, 0.3) is 0 Å². The minimum atomic E-state index is -0.621. The molecule has 36 heavy (non-hydrogen) atoms. The Bertz CT molecular complexity index is 1270. The zero-order chi connectivity index (χ0) is 25.8. The molecule has 182 valence electrons. The number of ether oxygens (including phenoxy) is 1. The second kappa shape index (κ2) is 10.2. The number of benzene rings is 2. The molecule has 0 aliphatic carbocycles. The van der Waals surface area contributed by atoms with Crippen LogP contribution >= 0.6 is 0 Å². The molecular weight excluding hydrogens is 466 g/mol. The van der Waals surface area contributed by atoms with Crippen LogP contribution in [0.5, 0.6) is 0 Å². The number of hydrogen-bond donors (Lipinski definition) is 1. The molecule has 2 aromatic rings. The van der Waals surface area contributed by atoms with E-state index in [-0.39, 0.29) is 12.2 Å². The smallest absolute Gasteiger partial charge is 0.338 e. The normalized spacial score (nSPS) is 15.6. The predicted molar refractivity (Wildman–Crippen MR) is 128 cm³/mol. The van der Waals surface area contributed by atoms with Crippen molar-refractivity contribution in [1.82, 2.24) is 5.32 Å². The van der Waals surface area contributed by atoms with Gasteiger partial charge in [-0.15, -0.1) is 0 Å². The average Bonchev–Trinajstić information content (AvgIpc) is 3.40. The maximum absolute atomic E-state index is 12.6. The van der Waals surface area contributed by atoms with E-state index < -0.39 is 41.5 Å². The molecule has 0 bridgehead atoms. The van der Waals surface area contributed by atoms with Crippen LogP contribution in [0, 0.1) is 0 Å². The van der Waals surface area contributed by atoms with Crippen LogP contribution < -0.4 is 15.1 Å². The lowest BCUT2D eigenvalue weighted by Crippen LogP contribution is -2.38. The van der Waals surface area contributed by atoms with Crippen molar-refractivity contribution in [3.8, 4) is 0 Å². The first-order valence-corrected chi connectivity index (χ1v) is 11.1. The Kier molecular flexibility index (Phi) is 6.86. The number of nitrogens with one attached hydrogen (secondary N) is 1. The lowest BCUT2D eigenvalue weighted by Gasteiger charge is -2.18. The fraction of sp³-hybridized carbons (Fsp3) is 0.154. The van der Waals surface area contributed by atoms with Gasteiger partial charge < -0.3 is 10.1 Å². The van der Waals surface area contributed by atoms with E-state index in [4.69, 9.17) is 4.74 Å². The maximum atomic E-state index is 12.6. The Morgan fingerprint density at radius 3 is 1.56 bits per heavy atom. The van der Waals surface area contributed by atoms with Gasteiger partial charge >= 0.3 is 5.97 Å². The van der Waals surface area contributed by atoms with Gasteiger partial charge in [0.2, 0.25) is 0 Å². The Morgan fingerprint density at radius 1 is 0.722 bits per heavy atom. The van der Waals surface area contributed by atoms with E-state index in [1.807, 2.05) is 6.92 Å². The number of amides is 5. The van der Waals surface area contributed by atoms with E-state index in [1.54, 1.807) is 0 Å². The van der Waals surface area contributed by atoms with Gasteiger partial charge in [0.15, 0.2) is 0 Å². The van der Waals surface area contributed by atoms with Crippen LogP contribution in [0.2, 0.25) is 0 Å². The summed E-state index contributed by atoms with van der Waals surface area (Å²) < 4.78 is 5.33. The number of nitrogens with zero attached hydrogens (tertiary/aromatic N) is 2. The molecule has 5 amide bonds. The molecule has 0 spiro atoms. The number of rotatable bonds is 8. The summed E-state index contributed by atoms with van der Waals surface area (Å²) >= 11 is 0. The molecule has 10 nitrogen and oxygen atoms in total. The molecule has 4 rings (SSSR count). The summed E-state index contributed by atoms with van der Waals surface area (Å²) in [4.78, 5) is 74.2. The van der Waals surface area contributed by atoms with Gasteiger partial charge in [0, 0.05) is 29.9 Å². The largest absolute Gasteiger partial charge is 0.460 e. The Morgan fingerprint density at radius 2 is 1.14 bits per heavy atom. The highest BCUT2D eigenvalue weighted by molar-refractivity contribution is 6.28. The van der Waals surface area contributed by atoms with Crippen molar-refractivity contribution in [3.05, 3.63) is 84.0 Å². The van der Waals surface area contributed by atoms with Crippen molar-refractivity contribution in [3.63, 3.8) is 0 Å². The van der Waals surface area contributed by atoms with Crippen LogP contribution in [0.15, 0.2) is 72.8 Å². The van der Waals surface area contributed by atoms with Crippen LogP contribution in [0.1, 0.15) is 34.1 Å². The zero-order valence-electron chi connectivity index (χ0n) is 19.2. The fourth-order valence-corrected chi connectivity index (χ4v) is 3.61. The van der Waals surface area contributed by atoms with E-state index in [0.717, 1.165) is 9.80 Å². The van der Waals surface area contributed by atoms with E-state index in [9.17, 15) is 28.8 Å². The van der Waals surface area contributed by atoms with Gasteiger partial charge in [-0.3, -0.25) is 24.0 Å².